The van der Waals surface area contributed by atoms with E-state index in [0.717, 1.165) is 9.18 Å². The van der Waals surface area contributed by atoms with Gasteiger partial charge in [0.1, 0.15) is 6.54 Å². The standard InChI is InChI=1S/C12H19NO4S2/c1-8(2)6-13(7-12(14)15)19(16,17)11-5-9(3)18-10(11)4/h5,8H,6-7H2,1-4H3,(H,14,15). The molecule has 1 rings (SSSR count). The molecule has 0 saturated carbocycles. The Balaban J connectivity index is 3.18. The molecule has 19 heavy (non-hydrogen) atoms. The second-order valence-corrected chi connectivity index (χ2v) is 8.23. The number of carboxylic acids is 1. The van der Waals surface area contributed by atoms with Crippen molar-refractivity contribution in [3.63, 3.8) is 0 Å². The molecule has 0 aliphatic rings. The van der Waals surface area contributed by atoms with Gasteiger partial charge >= 0.3 is 5.97 Å². The van der Waals surface area contributed by atoms with Crippen LogP contribution in [0.25, 0.3) is 0 Å². The molecule has 0 aromatic carbocycles. The average molecular weight is 305 g/mol. The molecule has 1 heterocycles. The first-order valence-electron chi connectivity index (χ1n) is 5.93. The molecule has 0 amide bonds. The second kappa shape index (κ2) is 6.02. The molecule has 0 spiro atoms. The number of nitrogens with zero attached hydrogens (tertiary/aromatic N) is 1. The molecule has 108 valence electrons. The molecule has 1 aromatic heterocycles. The number of aliphatic carboxylic acids is 1. The van der Waals surface area contributed by atoms with Crippen LogP contribution in [-0.4, -0.2) is 36.9 Å². The van der Waals surface area contributed by atoms with Gasteiger partial charge in [-0.2, -0.15) is 4.31 Å². The highest BCUT2D eigenvalue weighted by atomic mass is 32.2. The van der Waals surface area contributed by atoms with Gasteiger partial charge in [-0.3, -0.25) is 4.79 Å². The van der Waals surface area contributed by atoms with Crippen molar-refractivity contribution >= 4 is 27.3 Å². The van der Waals surface area contributed by atoms with Crippen molar-refractivity contribution in [2.24, 2.45) is 5.92 Å². The van der Waals surface area contributed by atoms with Crippen LogP contribution < -0.4 is 0 Å². The van der Waals surface area contributed by atoms with Gasteiger partial charge < -0.3 is 5.11 Å². The quantitative estimate of drug-likeness (QED) is 0.873. The van der Waals surface area contributed by atoms with Crippen LogP contribution in [0.4, 0.5) is 0 Å². The predicted octanol–water partition coefficient (Wildman–Crippen LogP) is 2.10. The Hall–Kier alpha value is -0.920. The Labute approximate surface area is 117 Å². The Morgan fingerprint density at radius 1 is 1.42 bits per heavy atom. The van der Waals surface area contributed by atoms with Gasteiger partial charge in [-0.05, 0) is 25.8 Å². The van der Waals surface area contributed by atoms with E-state index in [0.29, 0.717) is 4.88 Å². The van der Waals surface area contributed by atoms with Crippen molar-refractivity contribution in [3.05, 3.63) is 15.8 Å². The lowest BCUT2D eigenvalue weighted by Gasteiger charge is -2.22. The molecule has 0 saturated heterocycles. The van der Waals surface area contributed by atoms with Gasteiger partial charge in [-0.15, -0.1) is 11.3 Å². The van der Waals surface area contributed by atoms with E-state index < -0.39 is 22.5 Å². The maximum absolute atomic E-state index is 12.5. The van der Waals surface area contributed by atoms with Crippen LogP contribution in [0.5, 0.6) is 0 Å². The fourth-order valence-electron chi connectivity index (χ4n) is 1.81. The monoisotopic (exact) mass is 305 g/mol. The number of carboxylic acid groups (broad SMARTS) is 1. The molecular formula is C12H19NO4S2. The summed E-state index contributed by atoms with van der Waals surface area (Å²) in [5, 5.41) is 8.88. The van der Waals surface area contributed by atoms with Crippen LogP contribution in [0.15, 0.2) is 11.0 Å². The highest BCUT2D eigenvalue weighted by molar-refractivity contribution is 7.89. The lowest BCUT2D eigenvalue weighted by Crippen LogP contribution is -2.38. The summed E-state index contributed by atoms with van der Waals surface area (Å²) in [5.74, 6) is -1.08. The average Bonchev–Trinajstić information content (AvgIpc) is 2.56. The van der Waals surface area contributed by atoms with Crippen molar-refractivity contribution < 1.29 is 18.3 Å². The summed E-state index contributed by atoms with van der Waals surface area (Å²) in [7, 11) is -3.74. The lowest BCUT2D eigenvalue weighted by atomic mass is 10.2. The van der Waals surface area contributed by atoms with Crippen molar-refractivity contribution in [1.29, 1.82) is 0 Å². The summed E-state index contributed by atoms with van der Waals surface area (Å²) in [4.78, 5) is 12.7. The minimum absolute atomic E-state index is 0.0640. The first-order chi connectivity index (χ1) is 8.64. The topological polar surface area (TPSA) is 74.7 Å². The van der Waals surface area contributed by atoms with Crippen LogP contribution >= 0.6 is 11.3 Å². The summed E-state index contributed by atoms with van der Waals surface area (Å²) in [6, 6.07) is 1.60. The van der Waals surface area contributed by atoms with E-state index in [2.05, 4.69) is 0 Å². The van der Waals surface area contributed by atoms with E-state index in [1.807, 2.05) is 20.8 Å². The minimum atomic E-state index is -3.74. The van der Waals surface area contributed by atoms with E-state index in [-0.39, 0.29) is 17.4 Å². The predicted molar refractivity (Wildman–Crippen MR) is 75.0 cm³/mol. The van der Waals surface area contributed by atoms with Gasteiger partial charge in [-0.25, -0.2) is 8.42 Å². The zero-order valence-corrected chi connectivity index (χ0v) is 13.1. The second-order valence-electron chi connectivity index (χ2n) is 4.86. The third kappa shape index (κ3) is 4.02. The third-order valence-electron chi connectivity index (χ3n) is 2.49. The van der Waals surface area contributed by atoms with E-state index >= 15 is 0 Å². The molecule has 0 unspecified atom stereocenters. The smallest absolute Gasteiger partial charge is 0.318 e. The fraction of sp³-hybridized carbons (Fsp3) is 0.583. The molecule has 0 bridgehead atoms. The van der Waals surface area contributed by atoms with Gasteiger partial charge in [0, 0.05) is 16.3 Å². The summed E-state index contributed by atoms with van der Waals surface area (Å²) in [5.41, 5.74) is 0. The Kier molecular flexibility index (Phi) is 5.11. The molecule has 1 N–H and O–H groups in total. The number of aryl methyl sites for hydroxylation is 2. The molecule has 0 atom stereocenters. The van der Waals surface area contributed by atoms with Crippen molar-refractivity contribution in [1.82, 2.24) is 4.31 Å². The van der Waals surface area contributed by atoms with Gasteiger partial charge in [0.2, 0.25) is 10.0 Å². The van der Waals surface area contributed by atoms with Crippen molar-refractivity contribution in [2.75, 3.05) is 13.1 Å². The lowest BCUT2D eigenvalue weighted by molar-refractivity contribution is -0.137. The molecule has 0 aliphatic heterocycles. The summed E-state index contributed by atoms with van der Waals surface area (Å²) < 4.78 is 26.0. The molecular weight excluding hydrogens is 286 g/mol. The van der Waals surface area contributed by atoms with E-state index in [9.17, 15) is 13.2 Å². The molecule has 0 fully saturated rings. The largest absolute Gasteiger partial charge is 0.480 e. The SMILES string of the molecule is Cc1cc(S(=O)(=O)N(CC(=O)O)CC(C)C)c(C)s1. The van der Waals surface area contributed by atoms with Crippen molar-refractivity contribution in [2.45, 2.75) is 32.6 Å². The minimum Gasteiger partial charge on any atom is -0.480 e. The number of sulfonamides is 1. The number of hydrogen-bond donors (Lipinski definition) is 1. The first kappa shape index (κ1) is 16.1. The van der Waals surface area contributed by atoms with Gasteiger partial charge in [0.05, 0.1) is 4.90 Å². The van der Waals surface area contributed by atoms with Crippen LogP contribution in [0.2, 0.25) is 0 Å². The number of rotatable bonds is 6. The van der Waals surface area contributed by atoms with Crippen LogP contribution in [0.1, 0.15) is 23.6 Å². The zero-order valence-electron chi connectivity index (χ0n) is 11.5. The van der Waals surface area contributed by atoms with E-state index in [1.165, 1.54) is 11.3 Å². The van der Waals surface area contributed by atoms with Gasteiger partial charge in [-0.1, -0.05) is 13.8 Å². The molecule has 7 heteroatoms. The fourth-order valence-corrected chi connectivity index (χ4v) is 4.89. The Morgan fingerprint density at radius 3 is 2.37 bits per heavy atom. The number of carbonyl (C=O) groups is 1. The maximum Gasteiger partial charge on any atom is 0.318 e. The van der Waals surface area contributed by atoms with Crippen LogP contribution in [0, 0.1) is 19.8 Å². The van der Waals surface area contributed by atoms with Crippen LogP contribution in [-0.2, 0) is 14.8 Å². The number of hydrogen-bond acceptors (Lipinski definition) is 4. The molecule has 5 nitrogen and oxygen atoms in total. The normalized spacial score (nSPS) is 12.3. The van der Waals surface area contributed by atoms with Crippen molar-refractivity contribution in [3.8, 4) is 0 Å². The third-order valence-corrected chi connectivity index (χ3v) is 5.53. The van der Waals surface area contributed by atoms with Gasteiger partial charge in [0.15, 0.2) is 0 Å². The first-order valence-corrected chi connectivity index (χ1v) is 8.19. The van der Waals surface area contributed by atoms with Gasteiger partial charge in [0.25, 0.3) is 0 Å². The highest BCUT2D eigenvalue weighted by Gasteiger charge is 2.29. The van der Waals surface area contributed by atoms with Crippen LogP contribution in [0.3, 0.4) is 0 Å². The van der Waals surface area contributed by atoms with E-state index in [1.54, 1.807) is 13.0 Å². The van der Waals surface area contributed by atoms with E-state index in [4.69, 9.17) is 5.11 Å². The highest BCUT2D eigenvalue weighted by Crippen LogP contribution is 2.28. The summed E-state index contributed by atoms with van der Waals surface area (Å²) in [6.07, 6.45) is 0. The zero-order chi connectivity index (χ0) is 14.8. The Morgan fingerprint density at radius 2 is 2.00 bits per heavy atom. The molecule has 0 radical (unpaired) electrons. The maximum atomic E-state index is 12.5. The summed E-state index contributed by atoms with van der Waals surface area (Å²) >= 11 is 1.40. The molecule has 1 aromatic rings. The summed E-state index contributed by atoms with van der Waals surface area (Å²) in [6.45, 7) is 6.98. The Bertz CT molecular complexity index is 560. The number of thiophene rings is 1. The molecule has 0 aliphatic carbocycles.